The Morgan fingerprint density at radius 1 is 1.62 bits per heavy atom. The van der Waals surface area contributed by atoms with E-state index in [-0.39, 0.29) is 11.9 Å². The smallest absolute Gasteiger partial charge is 0.289 e. The Morgan fingerprint density at radius 3 is 2.75 bits per heavy atom. The van der Waals surface area contributed by atoms with E-state index in [1.165, 1.54) is 0 Å². The van der Waals surface area contributed by atoms with E-state index in [2.05, 4.69) is 10.3 Å². The molecule has 0 spiro atoms. The van der Waals surface area contributed by atoms with Gasteiger partial charge in [-0.25, -0.2) is 4.98 Å². The minimum Gasteiger partial charge on any atom is -0.436 e. The molecule has 1 aliphatic rings. The number of aromatic nitrogens is 1. The van der Waals surface area contributed by atoms with Crippen molar-refractivity contribution in [3.63, 3.8) is 0 Å². The summed E-state index contributed by atoms with van der Waals surface area (Å²) in [6.07, 6.45) is 2.30. The summed E-state index contributed by atoms with van der Waals surface area (Å²) in [4.78, 5) is 15.9. The number of oxazole rings is 1. The van der Waals surface area contributed by atoms with E-state index in [1.807, 2.05) is 0 Å². The van der Waals surface area contributed by atoms with E-state index >= 15 is 0 Å². The number of amides is 1. The average Bonchev–Trinajstić information content (AvgIpc) is 3.01. The summed E-state index contributed by atoms with van der Waals surface area (Å²) in [5.74, 6) is 1.15. The van der Waals surface area contributed by atoms with Crippen molar-refractivity contribution < 1.29 is 9.21 Å². The van der Waals surface area contributed by atoms with Crippen molar-refractivity contribution in [3.8, 4) is 0 Å². The van der Waals surface area contributed by atoms with Gasteiger partial charge in [-0.2, -0.15) is 0 Å². The predicted octanol–water partition coefficient (Wildman–Crippen LogP) is 0.759. The lowest BCUT2D eigenvalue weighted by atomic mass is 10.2. The number of hydrogen-bond acceptors (Lipinski definition) is 4. The molecule has 3 N–H and O–H groups in total. The normalized spacial score (nSPS) is 17.2. The highest BCUT2D eigenvalue weighted by atomic mass is 16.4. The average molecular weight is 223 g/mol. The number of carbonyl (C=O) groups is 1. The maximum atomic E-state index is 11.9. The molecule has 88 valence electrons. The largest absolute Gasteiger partial charge is 0.436 e. The van der Waals surface area contributed by atoms with Gasteiger partial charge in [-0.1, -0.05) is 0 Å². The molecule has 1 aromatic rings. The van der Waals surface area contributed by atoms with Crippen LogP contribution >= 0.6 is 0 Å². The van der Waals surface area contributed by atoms with Crippen LogP contribution in [0.4, 0.5) is 0 Å². The number of nitrogens with two attached hydrogens (primary N) is 1. The molecule has 1 heterocycles. The number of carbonyl (C=O) groups excluding carboxylic acids is 1. The third kappa shape index (κ3) is 2.24. The van der Waals surface area contributed by atoms with Crippen LogP contribution in [0.5, 0.6) is 0 Å². The standard InChI is InChI=1S/C11H17N3O2/c1-6-10(16-7(2)13-6)11(15)14-9(5-12)8-3-4-8/h8-9H,3-5,12H2,1-2H3,(H,14,15). The minimum atomic E-state index is -0.208. The number of aryl methyl sites for hydroxylation is 2. The van der Waals surface area contributed by atoms with Crippen LogP contribution in [0.1, 0.15) is 35.0 Å². The second-order valence-electron chi connectivity index (χ2n) is 4.30. The molecule has 1 saturated carbocycles. The van der Waals surface area contributed by atoms with Gasteiger partial charge in [0.05, 0.1) is 5.69 Å². The first kappa shape index (κ1) is 11.1. The van der Waals surface area contributed by atoms with Crippen LogP contribution in [-0.2, 0) is 0 Å². The molecule has 2 rings (SSSR count). The maximum absolute atomic E-state index is 11.9. The third-order valence-electron chi connectivity index (χ3n) is 2.87. The van der Waals surface area contributed by atoms with Crippen LogP contribution in [0.15, 0.2) is 4.42 Å². The van der Waals surface area contributed by atoms with E-state index < -0.39 is 0 Å². The predicted molar refractivity (Wildman–Crippen MR) is 59.0 cm³/mol. The summed E-state index contributed by atoms with van der Waals surface area (Å²) in [7, 11) is 0. The zero-order chi connectivity index (χ0) is 11.7. The van der Waals surface area contributed by atoms with Crippen molar-refractivity contribution in [3.05, 3.63) is 17.3 Å². The Morgan fingerprint density at radius 2 is 2.31 bits per heavy atom. The molecule has 1 aromatic heterocycles. The molecule has 0 saturated heterocycles. The van der Waals surface area contributed by atoms with Gasteiger partial charge in [0.25, 0.3) is 5.91 Å². The fourth-order valence-electron chi connectivity index (χ4n) is 1.84. The Labute approximate surface area is 94.4 Å². The first-order valence-corrected chi connectivity index (χ1v) is 5.56. The Hall–Kier alpha value is -1.36. The molecule has 0 aliphatic heterocycles. The summed E-state index contributed by atoms with van der Waals surface area (Å²) < 4.78 is 5.26. The van der Waals surface area contributed by atoms with Crippen molar-refractivity contribution >= 4 is 5.91 Å². The highest BCUT2D eigenvalue weighted by Gasteiger charge is 2.32. The molecule has 1 atom stereocenters. The summed E-state index contributed by atoms with van der Waals surface area (Å²) >= 11 is 0. The molecule has 1 aliphatic carbocycles. The van der Waals surface area contributed by atoms with Crippen molar-refractivity contribution in [2.75, 3.05) is 6.54 Å². The third-order valence-corrected chi connectivity index (χ3v) is 2.87. The molecule has 0 bridgehead atoms. The van der Waals surface area contributed by atoms with E-state index in [0.717, 1.165) is 12.8 Å². The monoisotopic (exact) mass is 223 g/mol. The number of rotatable bonds is 4. The van der Waals surface area contributed by atoms with Gasteiger partial charge < -0.3 is 15.5 Å². The lowest BCUT2D eigenvalue weighted by Gasteiger charge is -2.14. The lowest BCUT2D eigenvalue weighted by Crippen LogP contribution is -2.41. The number of nitrogens with zero attached hydrogens (tertiary/aromatic N) is 1. The van der Waals surface area contributed by atoms with Crippen molar-refractivity contribution in [1.82, 2.24) is 10.3 Å². The van der Waals surface area contributed by atoms with Gasteiger partial charge in [0, 0.05) is 19.5 Å². The van der Waals surface area contributed by atoms with Gasteiger partial charge in [0.2, 0.25) is 5.76 Å². The molecule has 5 nitrogen and oxygen atoms in total. The van der Waals surface area contributed by atoms with Crippen LogP contribution in [0, 0.1) is 19.8 Å². The summed E-state index contributed by atoms with van der Waals surface area (Å²) in [6.45, 7) is 3.97. The van der Waals surface area contributed by atoms with E-state index in [4.69, 9.17) is 10.2 Å². The molecule has 1 fully saturated rings. The number of nitrogens with one attached hydrogen (secondary N) is 1. The molecule has 1 amide bonds. The van der Waals surface area contributed by atoms with Crippen molar-refractivity contribution in [1.29, 1.82) is 0 Å². The van der Waals surface area contributed by atoms with Crippen LogP contribution in [0.3, 0.4) is 0 Å². The highest BCUT2D eigenvalue weighted by molar-refractivity contribution is 5.92. The lowest BCUT2D eigenvalue weighted by molar-refractivity contribution is 0.0903. The molecule has 0 radical (unpaired) electrons. The van der Waals surface area contributed by atoms with Crippen LogP contribution in [0.25, 0.3) is 0 Å². The minimum absolute atomic E-state index is 0.0670. The number of hydrogen-bond donors (Lipinski definition) is 2. The van der Waals surface area contributed by atoms with Gasteiger partial charge in [0.15, 0.2) is 5.89 Å². The second kappa shape index (κ2) is 4.25. The van der Waals surface area contributed by atoms with E-state index in [9.17, 15) is 4.79 Å². The first-order chi connectivity index (χ1) is 7.61. The van der Waals surface area contributed by atoms with E-state index in [0.29, 0.717) is 29.8 Å². The summed E-state index contributed by atoms with van der Waals surface area (Å²) in [5.41, 5.74) is 6.25. The second-order valence-corrected chi connectivity index (χ2v) is 4.30. The summed E-state index contributed by atoms with van der Waals surface area (Å²) in [6, 6.07) is 0.0670. The van der Waals surface area contributed by atoms with Crippen LogP contribution in [0.2, 0.25) is 0 Å². The zero-order valence-electron chi connectivity index (χ0n) is 9.62. The molecule has 1 unspecified atom stereocenters. The Bertz CT molecular complexity index is 396. The highest BCUT2D eigenvalue weighted by Crippen LogP contribution is 2.32. The fraction of sp³-hybridized carbons (Fsp3) is 0.636. The van der Waals surface area contributed by atoms with Crippen molar-refractivity contribution in [2.24, 2.45) is 11.7 Å². The van der Waals surface area contributed by atoms with Crippen LogP contribution < -0.4 is 11.1 Å². The van der Waals surface area contributed by atoms with Crippen molar-refractivity contribution in [2.45, 2.75) is 32.7 Å². The molecule has 16 heavy (non-hydrogen) atoms. The van der Waals surface area contributed by atoms with Gasteiger partial charge >= 0.3 is 0 Å². The molecular weight excluding hydrogens is 206 g/mol. The Balaban J connectivity index is 2.04. The quantitative estimate of drug-likeness (QED) is 0.789. The SMILES string of the molecule is Cc1nc(C)c(C(=O)NC(CN)C2CC2)o1. The molecule has 0 aromatic carbocycles. The van der Waals surface area contributed by atoms with Gasteiger partial charge in [-0.15, -0.1) is 0 Å². The van der Waals surface area contributed by atoms with Gasteiger partial charge in [-0.3, -0.25) is 4.79 Å². The summed E-state index contributed by atoms with van der Waals surface area (Å²) in [5, 5.41) is 2.90. The van der Waals surface area contributed by atoms with Gasteiger partial charge in [0.1, 0.15) is 0 Å². The van der Waals surface area contributed by atoms with Gasteiger partial charge in [-0.05, 0) is 25.7 Å². The molecular formula is C11H17N3O2. The topological polar surface area (TPSA) is 81.2 Å². The maximum Gasteiger partial charge on any atom is 0.289 e. The Kier molecular flexibility index (Phi) is 2.96. The van der Waals surface area contributed by atoms with Crippen LogP contribution in [-0.4, -0.2) is 23.5 Å². The molecule has 5 heteroatoms. The van der Waals surface area contributed by atoms with E-state index in [1.54, 1.807) is 13.8 Å². The first-order valence-electron chi connectivity index (χ1n) is 5.56. The fourth-order valence-corrected chi connectivity index (χ4v) is 1.84. The zero-order valence-corrected chi connectivity index (χ0v) is 9.62.